The second kappa shape index (κ2) is 35.4. The van der Waals surface area contributed by atoms with Crippen LogP contribution in [-0.4, -0.2) is 49.8 Å². The maximum atomic E-state index is 6.20. The average Bonchev–Trinajstić information content (AvgIpc) is 1.63. The Kier molecular flexibility index (Phi) is 20.7. The minimum absolute atomic E-state index is 0.644. The van der Waals surface area contributed by atoms with Crippen LogP contribution in [0.3, 0.4) is 0 Å². The van der Waals surface area contributed by atoms with Gasteiger partial charge in [0.25, 0.3) is 0 Å². The number of aromatic nitrogens is 10. The highest BCUT2D eigenvalue weighted by Gasteiger charge is 2.26. The molecular weight excluding hydrogens is 1750 g/mol. The Morgan fingerprint density at radius 3 is 0.879 bits per heavy atom. The highest BCUT2D eigenvalue weighted by Crippen LogP contribution is 2.48. The Morgan fingerprint density at radius 2 is 0.454 bits per heavy atom. The first-order valence-corrected chi connectivity index (χ1v) is 47.5. The molecule has 0 aliphatic rings. The quantitative estimate of drug-likeness (QED) is 0.119. The fourth-order valence-electron chi connectivity index (χ4n) is 19.5. The van der Waals surface area contributed by atoms with Crippen LogP contribution in [0.2, 0.25) is 0 Å². The molecule has 0 radical (unpaired) electrons. The molecule has 0 N–H and O–H groups in total. The van der Waals surface area contributed by atoms with Gasteiger partial charge < -0.3 is 17.7 Å². The van der Waals surface area contributed by atoms with Crippen molar-refractivity contribution < 1.29 is 17.7 Å². The molecule has 15 heteroatoms. The summed E-state index contributed by atoms with van der Waals surface area (Å²) in [7, 11) is 0. The van der Waals surface area contributed by atoms with Gasteiger partial charge in [0.2, 0.25) is 0 Å². The van der Waals surface area contributed by atoms with Gasteiger partial charge >= 0.3 is 0 Å². The standard InChI is InChI=1S/C32H18N2O2.C32H20N2S.2C31H19N3O/c1-5-15-25-19(9-1)29-21(11-7-17-27(29)35-25)31-32(34-24-14-4-3-13-23(24)33-31)22-12-8-18-28-30(22)20-10-2-6-16-26(20)36-28;1-2-9-22(10-3-1)30-31(34-28-15-6-5-14-27(28)33-30)23-19-17-21(18-20-23)24-12-8-13-26-25-11-4-7-16-29(25)35-32(24)26;1-2-8-21(9-3-1)30-29(33-25-12-7-19-32-31(25)34-30)22-17-15-20(16-18-22)23-11-6-14-27-28(23)24-10-4-5-13-26(24)35-27;1-2-7-21(8-3-1)30-31(33-25-17-18-32-19-26(25)34-30)22-15-13-20(14-16-22)23-10-6-12-28-29(23)24-9-4-5-11-27(24)35-28/h1-18H;1-20H;2*1-19H. The summed E-state index contributed by atoms with van der Waals surface area (Å²) in [5.41, 5.74) is 35.6. The molecule has 29 aromatic rings. The van der Waals surface area contributed by atoms with Crippen molar-refractivity contribution in [2.24, 2.45) is 0 Å². The van der Waals surface area contributed by atoms with Gasteiger partial charge in [-0.25, -0.2) is 44.9 Å². The topological polar surface area (TPSA) is 181 Å². The van der Waals surface area contributed by atoms with E-state index in [0.717, 1.165) is 239 Å². The predicted octanol–water partition coefficient (Wildman–Crippen LogP) is 33.6. The summed E-state index contributed by atoms with van der Waals surface area (Å²) in [6, 6.07) is 151. The molecule has 0 aliphatic carbocycles. The number of furan rings is 4. The number of rotatable bonds is 11. The normalized spacial score (nSPS) is 11.5. The summed E-state index contributed by atoms with van der Waals surface area (Å²) in [5.74, 6) is 0. The number of thiophene rings is 1. The SMILES string of the molecule is c1ccc(-c2nc3ccccc3nc2-c2ccc(-c3cccc4c3sc3ccccc34)cc2)cc1.c1ccc(-c2nc3cnccc3nc2-c2ccc(-c3cccc4oc5ccccc5c34)cc2)cc1.c1ccc(-c2nc3ncccc3nc2-c2ccc(-c3cccc4oc5ccccc5c34)cc2)cc1.c1ccc2nc(-c3cccc4oc5ccccc5c34)c(-c3cccc4oc5ccccc5c34)nc2c1. The van der Waals surface area contributed by atoms with E-state index < -0.39 is 0 Å². The molecule has 0 saturated heterocycles. The van der Waals surface area contributed by atoms with Crippen molar-refractivity contribution in [2.75, 3.05) is 0 Å². The lowest BCUT2D eigenvalue weighted by atomic mass is 9.96. The van der Waals surface area contributed by atoms with Gasteiger partial charge in [-0.3, -0.25) is 4.98 Å². The molecule has 660 valence electrons. The van der Waals surface area contributed by atoms with Crippen molar-refractivity contribution in [2.45, 2.75) is 0 Å². The third-order valence-corrected chi connectivity index (χ3v) is 27.3. The van der Waals surface area contributed by atoms with E-state index in [1.807, 2.05) is 242 Å². The molecule has 0 spiro atoms. The van der Waals surface area contributed by atoms with E-state index in [1.54, 1.807) is 18.6 Å². The van der Waals surface area contributed by atoms with Crippen molar-refractivity contribution in [3.8, 4) is 123 Å². The van der Waals surface area contributed by atoms with E-state index in [4.69, 9.17) is 57.5 Å². The first kappa shape index (κ1) is 82.7. The van der Waals surface area contributed by atoms with E-state index in [1.165, 1.54) is 31.3 Å². The van der Waals surface area contributed by atoms with Crippen molar-refractivity contribution >= 4 is 164 Å². The number of benzene rings is 18. The Labute approximate surface area is 810 Å². The fourth-order valence-corrected chi connectivity index (χ4v) is 20.8. The van der Waals surface area contributed by atoms with E-state index in [2.05, 4.69) is 222 Å². The monoisotopic (exact) mass is 1820 g/mol. The van der Waals surface area contributed by atoms with Crippen LogP contribution < -0.4 is 0 Å². The lowest BCUT2D eigenvalue weighted by Crippen LogP contribution is -1.96. The van der Waals surface area contributed by atoms with Crippen LogP contribution in [0.4, 0.5) is 0 Å². The van der Waals surface area contributed by atoms with Crippen molar-refractivity contribution in [1.29, 1.82) is 0 Å². The number of hydrogen-bond acceptors (Lipinski definition) is 15. The zero-order valence-corrected chi connectivity index (χ0v) is 76.2. The summed E-state index contributed by atoms with van der Waals surface area (Å²) in [5, 5.41) is 11.4. The van der Waals surface area contributed by atoms with Gasteiger partial charge in [-0.2, -0.15) is 0 Å². The van der Waals surface area contributed by atoms with Crippen LogP contribution in [0, 0.1) is 0 Å². The fraction of sp³-hybridized carbons (Fsp3) is 0. The summed E-state index contributed by atoms with van der Waals surface area (Å²) < 4.78 is 27.2. The van der Waals surface area contributed by atoms with Crippen molar-refractivity contribution in [3.05, 3.63) is 461 Å². The van der Waals surface area contributed by atoms with Gasteiger partial charge in [-0.1, -0.05) is 346 Å². The predicted molar refractivity (Wildman–Crippen MR) is 576 cm³/mol. The number of para-hydroxylation sites is 8. The summed E-state index contributed by atoms with van der Waals surface area (Å²) >= 11 is 1.86. The minimum Gasteiger partial charge on any atom is -0.456 e. The number of nitrogens with zero attached hydrogens (tertiary/aromatic N) is 10. The van der Waals surface area contributed by atoms with Gasteiger partial charge in [0.05, 0.1) is 79.3 Å². The first-order valence-electron chi connectivity index (χ1n) is 46.7. The second-order valence-electron chi connectivity index (χ2n) is 34.6. The summed E-state index contributed by atoms with van der Waals surface area (Å²) in [6.07, 6.45) is 5.26. The van der Waals surface area contributed by atoms with Gasteiger partial charge in [-0.05, 0) is 130 Å². The van der Waals surface area contributed by atoms with Crippen molar-refractivity contribution in [1.82, 2.24) is 49.8 Å². The first-order chi connectivity index (χ1) is 69.9. The Balaban J connectivity index is 0.0000000965. The van der Waals surface area contributed by atoms with Crippen LogP contribution in [-0.2, 0) is 0 Å². The lowest BCUT2D eigenvalue weighted by Gasteiger charge is -2.12. The average molecular weight is 1830 g/mol. The maximum Gasteiger partial charge on any atom is 0.178 e. The molecule has 18 aromatic carbocycles. The van der Waals surface area contributed by atoms with Crippen LogP contribution in [0.1, 0.15) is 0 Å². The zero-order valence-electron chi connectivity index (χ0n) is 75.4. The molecule has 11 aromatic heterocycles. The van der Waals surface area contributed by atoms with Crippen LogP contribution in [0.25, 0.3) is 276 Å². The summed E-state index contributed by atoms with van der Waals surface area (Å²) in [6.45, 7) is 0. The maximum absolute atomic E-state index is 6.20. The highest BCUT2D eigenvalue weighted by atomic mass is 32.1. The third kappa shape index (κ3) is 15.2. The van der Waals surface area contributed by atoms with E-state index in [0.29, 0.717) is 5.65 Å². The van der Waals surface area contributed by atoms with Crippen LogP contribution in [0.15, 0.2) is 479 Å². The van der Waals surface area contributed by atoms with E-state index in [-0.39, 0.29) is 0 Å². The summed E-state index contributed by atoms with van der Waals surface area (Å²) in [4.78, 5) is 48.9. The molecule has 0 atom stereocenters. The van der Waals surface area contributed by atoms with Gasteiger partial charge in [0, 0.05) is 120 Å². The van der Waals surface area contributed by atoms with Crippen molar-refractivity contribution in [3.63, 3.8) is 0 Å². The van der Waals surface area contributed by atoms with E-state index in [9.17, 15) is 0 Å². The van der Waals surface area contributed by atoms with Crippen LogP contribution >= 0.6 is 11.3 Å². The molecule has 0 saturated carbocycles. The number of pyridine rings is 2. The zero-order chi connectivity index (χ0) is 93.2. The third-order valence-electron chi connectivity index (χ3n) is 26.1. The molecule has 14 nitrogen and oxygen atoms in total. The largest absolute Gasteiger partial charge is 0.456 e. The molecule has 141 heavy (non-hydrogen) atoms. The number of hydrogen-bond donors (Lipinski definition) is 0. The minimum atomic E-state index is 0.644. The molecule has 0 unspecified atom stereocenters. The Bertz CT molecular complexity index is 9460. The highest BCUT2D eigenvalue weighted by molar-refractivity contribution is 7.26. The Hall–Kier alpha value is -19.0. The van der Waals surface area contributed by atoms with Gasteiger partial charge in [0.1, 0.15) is 55.7 Å². The van der Waals surface area contributed by atoms with Gasteiger partial charge in [0.15, 0.2) is 5.65 Å². The molecule has 0 fully saturated rings. The molecule has 0 bridgehead atoms. The lowest BCUT2D eigenvalue weighted by molar-refractivity contribution is 0.668. The molecule has 0 aliphatic heterocycles. The molecular formula is C126H76N10O4S. The Morgan fingerprint density at radius 1 is 0.170 bits per heavy atom. The second-order valence-corrected chi connectivity index (χ2v) is 35.6. The van der Waals surface area contributed by atoms with E-state index >= 15 is 0 Å². The smallest absolute Gasteiger partial charge is 0.178 e. The molecule has 29 rings (SSSR count). The molecule has 0 amide bonds. The molecule has 11 heterocycles. The van der Waals surface area contributed by atoms with Gasteiger partial charge in [-0.15, -0.1) is 11.3 Å². The number of fused-ring (bicyclic) bond motifs is 19. The van der Waals surface area contributed by atoms with Crippen LogP contribution in [0.5, 0.6) is 0 Å².